The number of hydrogen-bond donors (Lipinski definition) is 2. The van der Waals surface area contributed by atoms with E-state index in [-0.39, 0.29) is 11.3 Å². The fourth-order valence-corrected chi connectivity index (χ4v) is 5.36. The second-order valence-electron chi connectivity index (χ2n) is 5.84. The van der Waals surface area contributed by atoms with Gasteiger partial charge in [-0.1, -0.05) is 6.92 Å². The fourth-order valence-electron chi connectivity index (χ4n) is 3.35. The van der Waals surface area contributed by atoms with Crippen LogP contribution in [0.2, 0.25) is 0 Å². The van der Waals surface area contributed by atoms with E-state index in [0.29, 0.717) is 32.4 Å². The molecule has 21 heavy (non-hydrogen) atoms. The molecule has 6 heteroatoms. The average molecular weight is 327 g/mol. The van der Waals surface area contributed by atoms with Gasteiger partial charge in [0.2, 0.25) is 0 Å². The summed E-state index contributed by atoms with van der Waals surface area (Å²) in [7, 11) is 0. The van der Waals surface area contributed by atoms with Crippen molar-refractivity contribution in [3.63, 3.8) is 0 Å². The first-order valence-corrected chi connectivity index (χ1v) is 9.25. The molecular weight excluding hydrogens is 306 g/mol. The van der Waals surface area contributed by atoms with E-state index >= 15 is 0 Å². The van der Waals surface area contributed by atoms with E-state index in [9.17, 15) is 15.0 Å². The van der Waals surface area contributed by atoms with Crippen LogP contribution in [0, 0.1) is 5.41 Å². The van der Waals surface area contributed by atoms with Crippen LogP contribution in [-0.4, -0.2) is 52.1 Å². The Bertz CT molecular complexity index is 513. The molecule has 1 saturated carbocycles. The summed E-state index contributed by atoms with van der Waals surface area (Å²) in [6.07, 6.45) is 1.07. The van der Waals surface area contributed by atoms with Gasteiger partial charge < -0.3 is 15.1 Å². The number of aliphatic hydroxyl groups excluding tert-OH is 2. The standard InChI is InChI=1S/C15H21NO3S2/c1-2-20-13-4-3-10(21-13)14(19)16-7-5-15(6-8-16)11(17)9-12(15)18/h3-4,11-12,17-18H,2,5-9H2,1H3/t11-,12+. The molecule has 1 saturated heterocycles. The molecule has 3 rings (SSSR count). The molecule has 1 aromatic heterocycles. The molecule has 1 amide bonds. The lowest BCUT2D eigenvalue weighted by Crippen LogP contribution is -2.61. The van der Waals surface area contributed by atoms with Crippen LogP contribution in [0.4, 0.5) is 0 Å². The summed E-state index contributed by atoms with van der Waals surface area (Å²) in [5.41, 5.74) is -0.352. The summed E-state index contributed by atoms with van der Waals surface area (Å²) < 4.78 is 1.18. The Morgan fingerprint density at radius 1 is 1.38 bits per heavy atom. The Hall–Kier alpha value is -0.560. The predicted molar refractivity (Wildman–Crippen MR) is 84.9 cm³/mol. The average Bonchev–Trinajstić information content (AvgIpc) is 2.96. The highest BCUT2D eigenvalue weighted by molar-refractivity contribution is 8.01. The summed E-state index contributed by atoms with van der Waals surface area (Å²) in [6, 6.07) is 3.92. The van der Waals surface area contributed by atoms with Crippen molar-refractivity contribution in [2.24, 2.45) is 5.41 Å². The van der Waals surface area contributed by atoms with E-state index in [1.165, 1.54) is 4.21 Å². The SMILES string of the molecule is CCSc1ccc(C(=O)N2CCC3(CC2)[C@H](O)C[C@@H]3O)s1. The van der Waals surface area contributed by atoms with Crippen molar-refractivity contribution in [3.8, 4) is 0 Å². The van der Waals surface area contributed by atoms with Crippen molar-refractivity contribution in [1.82, 2.24) is 4.90 Å². The first-order chi connectivity index (χ1) is 10.1. The lowest BCUT2D eigenvalue weighted by molar-refractivity contribution is -0.187. The monoisotopic (exact) mass is 327 g/mol. The van der Waals surface area contributed by atoms with Crippen LogP contribution in [-0.2, 0) is 0 Å². The predicted octanol–water partition coefficient (Wildman–Crippen LogP) is 2.21. The molecule has 1 aliphatic carbocycles. The minimum atomic E-state index is -0.404. The number of thioether (sulfide) groups is 1. The Morgan fingerprint density at radius 3 is 2.62 bits per heavy atom. The second kappa shape index (κ2) is 5.91. The molecule has 4 nitrogen and oxygen atoms in total. The Kier molecular flexibility index (Phi) is 4.32. The molecule has 1 aromatic rings. The Labute approximate surface area is 133 Å². The summed E-state index contributed by atoms with van der Waals surface area (Å²) in [5, 5.41) is 19.9. The molecule has 2 fully saturated rings. The first kappa shape index (κ1) is 15.3. The molecule has 2 N–H and O–H groups in total. The maximum atomic E-state index is 12.5. The Balaban J connectivity index is 1.62. The minimum absolute atomic E-state index is 0.0844. The van der Waals surface area contributed by atoms with Gasteiger partial charge in [-0.2, -0.15) is 0 Å². The van der Waals surface area contributed by atoms with Crippen LogP contribution < -0.4 is 0 Å². The van der Waals surface area contributed by atoms with Crippen molar-refractivity contribution in [1.29, 1.82) is 0 Å². The number of carbonyl (C=O) groups is 1. The van der Waals surface area contributed by atoms with Gasteiger partial charge in [0.1, 0.15) is 0 Å². The molecule has 116 valence electrons. The van der Waals surface area contributed by atoms with E-state index in [1.807, 2.05) is 17.0 Å². The molecule has 1 aliphatic heterocycles. The number of amides is 1. The fraction of sp³-hybridized carbons (Fsp3) is 0.667. The van der Waals surface area contributed by atoms with E-state index < -0.39 is 12.2 Å². The number of likely N-dealkylation sites (tertiary alicyclic amines) is 1. The number of carbonyl (C=O) groups excluding carboxylic acids is 1. The zero-order valence-corrected chi connectivity index (χ0v) is 13.8. The minimum Gasteiger partial charge on any atom is -0.392 e. The molecule has 1 spiro atoms. The normalized spacial score (nSPS) is 27.7. The van der Waals surface area contributed by atoms with Crippen LogP contribution in [0.1, 0.15) is 35.9 Å². The van der Waals surface area contributed by atoms with Gasteiger partial charge in [-0.05, 0) is 30.7 Å². The summed E-state index contributed by atoms with van der Waals surface area (Å²) in [4.78, 5) is 15.1. The van der Waals surface area contributed by atoms with Crippen molar-refractivity contribution < 1.29 is 15.0 Å². The zero-order chi connectivity index (χ0) is 15.0. The van der Waals surface area contributed by atoms with Gasteiger partial charge >= 0.3 is 0 Å². The van der Waals surface area contributed by atoms with Gasteiger partial charge in [0.25, 0.3) is 5.91 Å². The molecule has 0 bridgehead atoms. The highest BCUT2D eigenvalue weighted by atomic mass is 32.2. The Morgan fingerprint density at radius 2 is 2.05 bits per heavy atom. The van der Waals surface area contributed by atoms with E-state index in [0.717, 1.165) is 10.6 Å². The van der Waals surface area contributed by atoms with Crippen molar-refractivity contribution in [2.75, 3.05) is 18.8 Å². The quantitative estimate of drug-likeness (QED) is 0.836. The third kappa shape index (κ3) is 2.63. The molecular formula is C15H21NO3S2. The van der Waals surface area contributed by atoms with E-state index in [4.69, 9.17) is 0 Å². The topological polar surface area (TPSA) is 60.8 Å². The van der Waals surface area contributed by atoms with Crippen LogP contribution >= 0.6 is 23.1 Å². The molecule has 2 aliphatic rings. The van der Waals surface area contributed by atoms with Crippen LogP contribution in [0.25, 0.3) is 0 Å². The number of thiophene rings is 1. The van der Waals surface area contributed by atoms with Gasteiger partial charge in [0.05, 0.1) is 21.3 Å². The highest BCUT2D eigenvalue weighted by Crippen LogP contribution is 2.49. The number of nitrogens with zero attached hydrogens (tertiary/aromatic N) is 1. The van der Waals surface area contributed by atoms with Crippen molar-refractivity contribution in [2.45, 2.75) is 42.6 Å². The number of rotatable bonds is 3. The van der Waals surface area contributed by atoms with Crippen LogP contribution in [0.3, 0.4) is 0 Å². The van der Waals surface area contributed by atoms with Gasteiger partial charge in [0.15, 0.2) is 0 Å². The molecule has 0 unspecified atom stereocenters. The molecule has 0 radical (unpaired) electrons. The van der Waals surface area contributed by atoms with Crippen molar-refractivity contribution >= 4 is 29.0 Å². The summed E-state index contributed by atoms with van der Waals surface area (Å²) >= 11 is 3.31. The lowest BCUT2D eigenvalue weighted by Gasteiger charge is -2.54. The first-order valence-electron chi connectivity index (χ1n) is 7.45. The van der Waals surface area contributed by atoms with Gasteiger partial charge in [-0.3, -0.25) is 4.79 Å². The smallest absolute Gasteiger partial charge is 0.263 e. The van der Waals surface area contributed by atoms with Crippen LogP contribution in [0.5, 0.6) is 0 Å². The highest BCUT2D eigenvalue weighted by Gasteiger charge is 2.55. The van der Waals surface area contributed by atoms with Crippen molar-refractivity contribution in [3.05, 3.63) is 17.0 Å². The van der Waals surface area contributed by atoms with E-state index in [2.05, 4.69) is 6.92 Å². The lowest BCUT2D eigenvalue weighted by atomic mass is 9.58. The molecule has 0 aromatic carbocycles. The van der Waals surface area contributed by atoms with Gasteiger partial charge in [-0.25, -0.2) is 0 Å². The maximum absolute atomic E-state index is 12.5. The summed E-state index contributed by atoms with van der Waals surface area (Å²) in [6.45, 7) is 3.35. The number of hydrogen-bond acceptors (Lipinski definition) is 5. The van der Waals surface area contributed by atoms with Gasteiger partial charge in [0, 0.05) is 24.9 Å². The molecule has 2 atom stereocenters. The number of aliphatic hydroxyl groups is 2. The summed E-state index contributed by atoms with van der Waals surface area (Å²) in [5.74, 6) is 1.09. The van der Waals surface area contributed by atoms with Gasteiger partial charge in [-0.15, -0.1) is 23.1 Å². The maximum Gasteiger partial charge on any atom is 0.263 e. The number of piperidine rings is 1. The largest absolute Gasteiger partial charge is 0.392 e. The van der Waals surface area contributed by atoms with E-state index in [1.54, 1.807) is 23.1 Å². The zero-order valence-electron chi connectivity index (χ0n) is 12.1. The van der Waals surface area contributed by atoms with Crippen LogP contribution in [0.15, 0.2) is 16.3 Å². The molecule has 2 heterocycles. The third-order valence-corrected chi connectivity index (χ3v) is 7.01. The second-order valence-corrected chi connectivity index (χ2v) is 8.49. The third-order valence-electron chi connectivity index (χ3n) is 4.83.